The van der Waals surface area contributed by atoms with E-state index in [0.717, 1.165) is 18.4 Å². The molecule has 0 atom stereocenters. The number of benzene rings is 2. The lowest BCUT2D eigenvalue weighted by Gasteiger charge is -2.22. The molecule has 0 saturated heterocycles. The molecule has 1 fully saturated rings. The molecule has 1 heterocycles. The Labute approximate surface area is 156 Å². The second-order valence-electron chi connectivity index (χ2n) is 6.82. The lowest BCUT2D eigenvalue weighted by molar-refractivity contribution is 0.391. The van der Waals surface area contributed by atoms with Crippen molar-refractivity contribution in [2.24, 2.45) is 5.92 Å². The molecular formula is C20H18FNO4S. The SMILES string of the molecule is O=c1ccc2cc(S(=O)(=O)N(Cc3ccc(F)cc3)CC3CC3)ccc2o1. The van der Waals surface area contributed by atoms with Gasteiger partial charge in [-0.15, -0.1) is 0 Å². The number of sulfonamides is 1. The van der Waals surface area contributed by atoms with Gasteiger partial charge < -0.3 is 4.42 Å². The number of rotatable bonds is 6. The monoisotopic (exact) mass is 387 g/mol. The average molecular weight is 387 g/mol. The average Bonchev–Trinajstić information content (AvgIpc) is 3.46. The summed E-state index contributed by atoms with van der Waals surface area (Å²) in [5, 5.41) is 0.545. The fourth-order valence-corrected chi connectivity index (χ4v) is 4.53. The molecule has 140 valence electrons. The van der Waals surface area contributed by atoms with Crippen LogP contribution in [0.15, 0.2) is 68.7 Å². The number of hydrogen-bond acceptors (Lipinski definition) is 4. The molecule has 0 amide bonds. The first-order valence-electron chi connectivity index (χ1n) is 8.70. The van der Waals surface area contributed by atoms with Crippen LogP contribution < -0.4 is 5.63 Å². The van der Waals surface area contributed by atoms with Crippen LogP contribution in [-0.4, -0.2) is 19.3 Å². The predicted molar refractivity (Wildman–Crippen MR) is 99.2 cm³/mol. The molecule has 1 aliphatic rings. The van der Waals surface area contributed by atoms with Crippen molar-refractivity contribution in [1.82, 2.24) is 4.31 Å². The maximum Gasteiger partial charge on any atom is 0.336 e. The Morgan fingerprint density at radius 1 is 1.04 bits per heavy atom. The molecule has 5 nitrogen and oxygen atoms in total. The molecule has 0 spiro atoms. The summed E-state index contributed by atoms with van der Waals surface area (Å²) in [6.07, 6.45) is 2.02. The zero-order valence-corrected chi connectivity index (χ0v) is 15.3. The van der Waals surface area contributed by atoms with Crippen LogP contribution in [0.2, 0.25) is 0 Å². The van der Waals surface area contributed by atoms with E-state index >= 15 is 0 Å². The van der Waals surface area contributed by atoms with E-state index in [9.17, 15) is 17.6 Å². The van der Waals surface area contributed by atoms with Gasteiger partial charge in [0.1, 0.15) is 11.4 Å². The van der Waals surface area contributed by atoms with E-state index in [2.05, 4.69) is 0 Å². The van der Waals surface area contributed by atoms with Crippen LogP contribution in [0, 0.1) is 11.7 Å². The second kappa shape index (κ2) is 6.90. The highest BCUT2D eigenvalue weighted by atomic mass is 32.2. The van der Waals surface area contributed by atoms with Gasteiger partial charge in [0.25, 0.3) is 0 Å². The number of nitrogens with zero attached hydrogens (tertiary/aromatic N) is 1. The summed E-state index contributed by atoms with van der Waals surface area (Å²) in [6.45, 7) is 0.614. The van der Waals surface area contributed by atoms with Gasteiger partial charge >= 0.3 is 5.63 Å². The molecular weight excluding hydrogens is 369 g/mol. The van der Waals surface area contributed by atoms with E-state index in [1.54, 1.807) is 18.2 Å². The Kier molecular flexibility index (Phi) is 4.57. The van der Waals surface area contributed by atoms with Crippen molar-refractivity contribution in [2.75, 3.05) is 6.54 Å². The number of hydrogen-bond donors (Lipinski definition) is 0. The van der Waals surface area contributed by atoms with Crippen LogP contribution in [0.25, 0.3) is 11.0 Å². The molecule has 0 aliphatic heterocycles. The van der Waals surface area contributed by atoms with Gasteiger partial charge in [-0.05, 0) is 60.7 Å². The number of fused-ring (bicyclic) bond motifs is 1. The molecule has 7 heteroatoms. The van der Waals surface area contributed by atoms with Gasteiger partial charge in [0.05, 0.1) is 4.90 Å². The highest BCUT2D eigenvalue weighted by Crippen LogP contribution is 2.33. The Bertz CT molecular complexity index is 1130. The first-order valence-corrected chi connectivity index (χ1v) is 10.1. The third kappa shape index (κ3) is 3.94. The van der Waals surface area contributed by atoms with Crippen molar-refractivity contribution >= 4 is 21.0 Å². The van der Waals surface area contributed by atoms with Crippen molar-refractivity contribution < 1.29 is 17.2 Å². The third-order valence-corrected chi connectivity index (χ3v) is 6.47. The molecule has 0 radical (unpaired) electrons. The third-order valence-electron chi connectivity index (χ3n) is 4.66. The minimum atomic E-state index is -3.75. The quantitative estimate of drug-likeness (QED) is 0.607. The van der Waals surface area contributed by atoms with Crippen molar-refractivity contribution in [3.05, 3.63) is 76.4 Å². The standard InChI is InChI=1S/C20H18FNO4S/c21-17-6-3-15(4-7-17)13-22(12-14-1-2-14)27(24,25)18-8-9-19-16(11-18)5-10-20(23)26-19/h3-11,14H,1-2,12-13H2. The molecule has 4 rings (SSSR count). The summed E-state index contributed by atoms with van der Waals surface area (Å²) in [6, 6.07) is 13.1. The summed E-state index contributed by atoms with van der Waals surface area (Å²) < 4.78 is 46.1. The maximum atomic E-state index is 13.2. The zero-order chi connectivity index (χ0) is 19.0. The van der Waals surface area contributed by atoms with Crippen LogP contribution in [0.1, 0.15) is 18.4 Å². The molecule has 1 aliphatic carbocycles. The highest BCUT2D eigenvalue weighted by molar-refractivity contribution is 7.89. The summed E-state index contributed by atoms with van der Waals surface area (Å²) in [5.74, 6) is 0.00470. The predicted octanol–water partition coefficient (Wildman–Crippen LogP) is 3.53. The van der Waals surface area contributed by atoms with Crippen LogP contribution in [-0.2, 0) is 16.6 Å². The molecule has 3 aromatic rings. The van der Waals surface area contributed by atoms with E-state index < -0.39 is 15.6 Å². The molecule has 27 heavy (non-hydrogen) atoms. The van der Waals surface area contributed by atoms with Gasteiger partial charge in [0, 0.05) is 24.5 Å². The Morgan fingerprint density at radius 3 is 2.48 bits per heavy atom. The minimum absolute atomic E-state index is 0.145. The minimum Gasteiger partial charge on any atom is -0.423 e. The highest BCUT2D eigenvalue weighted by Gasteiger charge is 2.32. The fourth-order valence-electron chi connectivity index (χ4n) is 2.99. The summed E-state index contributed by atoms with van der Waals surface area (Å²) in [4.78, 5) is 11.5. The van der Waals surface area contributed by atoms with Crippen LogP contribution >= 0.6 is 0 Å². The molecule has 1 saturated carbocycles. The normalized spacial score (nSPS) is 14.7. The molecule has 2 aromatic carbocycles. The Balaban J connectivity index is 1.69. The van der Waals surface area contributed by atoms with Gasteiger partial charge in [-0.2, -0.15) is 4.31 Å². The Hall–Kier alpha value is -2.51. The van der Waals surface area contributed by atoms with Crippen LogP contribution in [0.4, 0.5) is 4.39 Å². The van der Waals surface area contributed by atoms with Crippen LogP contribution in [0.5, 0.6) is 0 Å². The van der Waals surface area contributed by atoms with Gasteiger partial charge in [-0.3, -0.25) is 0 Å². The van der Waals surface area contributed by atoms with Crippen molar-refractivity contribution in [3.63, 3.8) is 0 Å². The van der Waals surface area contributed by atoms with Gasteiger partial charge in [0.15, 0.2) is 0 Å². The number of halogens is 1. The molecule has 1 aromatic heterocycles. The molecule has 0 N–H and O–H groups in total. The van der Waals surface area contributed by atoms with Gasteiger partial charge in [-0.25, -0.2) is 17.6 Å². The largest absolute Gasteiger partial charge is 0.423 e. The van der Waals surface area contributed by atoms with E-state index in [0.29, 0.717) is 23.4 Å². The van der Waals surface area contributed by atoms with Gasteiger partial charge in [-0.1, -0.05) is 12.1 Å². The summed E-state index contributed by atoms with van der Waals surface area (Å²) >= 11 is 0. The van der Waals surface area contributed by atoms with Gasteiger partial charge in [0.2, 0.25) is 10.0 Å². The van der Waals surface area contributed by atoms with E-state index in [-0.39, 0.29) is 17.3 Å². The van der Waals surface area contributed by atoms with Crippen LogP contribution in [0.3, 0.4) is 0 Å². The van der Waals surface area contributed by atoms with E-state index in [4.69, 9.17) is 4.42 Å². The fraction of sp³-hybridized carbons (Fsp3) is 0.250. The van der Waals surface area contributed by atoms with Crippen molar-refractivity contribution in [1.29, 1.82) is 0 Å². The molecule has 0 bridgehead atoms. The van der Waals surface area contributed by atoms with E-state index in [1.807, 2.05) is 0 Å². The first kappa shape index (κ1) is 17.9. The zero-order valence-electron chi connectivity index (χ0n) is 14.5. The smallest absolute Gasteiger partial charge is 0.336 e. The summed E-state index contributed by atoms with van der Waals surface area (Å²) in [5.41, 5.74) is 0.589. The van der Waals surface area contributed by atoms with Crippen molar-refractivity contribution in [2.45, 2.75) is 24.3 Å². The van der Waals surface area contributed by atoms with E-state index in [1.165, 1.54) is 40.7 Å². The lowest BCUT2D eigenvalue weighted by atomic mass is 10.2. The lowest BCUT2D eigenvalue weighted by Crippen LogP contribution is -2.32. The van der Waals surface area contributed by atoms with Crippen molar-refractivity contribution in [3.8, 4) is 0 Å². The molecule has 0 unspecified atom stereocenters. The Morgan fingerprint density at radius 2 is 1.78 bits per heavy atom. The maximum absolute atomic E-state index is 13.2. The second-order valence-corrected chi connectivity index (χ2v) is 8.76. The topological polar surface area (TPSA) is 67.6 Å². The first-order chi connectivity index (χ1) is 12.9. The summed E-state index contributed by atoms with van der Waals surface area (Å²) in [7, 11) is -3.75.